The summed E-state index contributed by atoms with van der Waals surface area (Å²) in [5, 5.41) is 18.8. The van der Waals surface area contributed by atoms with Crippen LogP contribution in [0.1, 0.15) is 6.92 Å². The van der Waals surface area contributed by atoms with E-state index in [1.807, 2.05) is 0 Å². The molecule has 2 amide bonds. The van der Waals surface area contributed by atoms with Gasteiger partial charge in [-0.05, 0) is 13.0 Å². The SMILES string of the molecule is C=C(N)/C=C\N(C(N)=O)C1O[C@H]([C@H](C)O)[C@@H](O)C1(F)F. The Bertz CT molecular complexity index is 428. The number of urea groups is 1. The molecule has 1 heterocycles. The van der Waals surface area contributed by atoms with Crippen molar-refractivity contribution in [2.45, 2.75) is 37.4 Å². The number of aliphatic hydroxyl groups excluding tert-OH is 2. The van der Waals surface area contributed by atoms with Crippen LogP contribution >= 0.6 is 0 Å². The summed E-state index contributed by atoms with van der Waals surface area (Å²) in [4.78, 5) is 11.6. The lowest BCUT2D eigenvalue weighted by atomic mass is 10.1. The highest BCUT2D eigenvalue weighted by atomic mass is 19.3. The average molecular weight is 293 g/mol. The third kappa shape index (κ3) is 3.06. The van der Waals surface area contributed by atoms with Crippen LogP contribution in [0.5, 0.6) is 0 Å². The van der Waals surface area contributed by atoms with Gasteiger partial charge in [-0.3, -0.25) is 4.90 Å². The van der Waals surface area contributed by atoms with E-state index in [4.69, 9.17) is 16.2 Å². The zero-order valence-corrected chi connectivity index (χ0v) is 10.7. The third-order valence-corrected chi connectivity index (χ3v) is 2.75. The summed E-state index contributed by atoms with van der Waals surface area (Å²) >= 11 is 0. The van der Waals surface area contributed by atoms with Gasteiger partial charge in [-0.25, -0.2) is 4.79 Å². The molecule has 0 aromatic carbocycles. The molecule has 1 unspecified atom stereocenters. The van der Waals surface area contributed by atoms with Gasteiger partial charge in [0.15, 0.2) is 6.10 Å². The summed E-state index contributed by atoms with van der Waals surface area (Å²) in [6.45, 7) is 4.48. The highest BCUT2D eigenvalue weighted by Gasteiger charge is 2.62. The highest BCUT2D eigenvalue weighted by Crippen LogP contribution is 2.39. The van der Waals surface area contributed by atoms with Gasteiger partial charge in [0.2, 0.25) is 6.23 Å². The van der Waals surface area contributed by atoms with E-state index >= 15 is 0 Å². The molecule has 7 nitrogen and oxygen atoms in total. The Morgan fingerprint density at radius 3 is 2.45 bits per heavy atom. The van der Waals surface area contributed by atoms with Gasteiger partial charge in [0.25, 0.3) is 0 Å². The van der Waals surface area contributed by atoms with Gasteiger partial charge in [-0.1, -0.05) is 6.58 Å². The van der Waals surface area contributed by atoms with Crippen LogP contribution in [0.2, 0.25) is 0 Å². The van der Waals surface area contributed by atoms with Crippen molar-refractivity contribution < 1.29 is 28.5 Å². The molecule has 1 aliphatic rings. The number of amides is 2. The molecular formula is C11H17F2N3O4. The molecule has 1 fully saturated rings. The number of ether oxygens (including phenoxy) is 1. The van der Waals surface area contributed by atoms with E-state index in [0.29, 0.717) is 4.90 Å². The minimum absolute atomic E-state index is 0.00480. The molecule has 20 heavy (non-hydrogen) atoms. The maximum atomic E-state index is 13.9. The lowest BCUT2D eigenvalue weighted by molar-refractivity contribution is -0.144. The van der Waals surface area contributed by atoms with Crippen molar-refractivity contribution in [1.82, 2.24) is 4.90 Å². The number of nitrogens with two attached hydrogens (primary N) is 2. The standard InChI is InChI=1S/C11H17F2N3O4/c1-5(14)3-4-16(10(15)19)9-11(12,13)8(18)7(20-9)6(2)17/h3-4,6-9,17-18H,1,14H2,2H3,(H2,15,19)/b4-3-/t6-,7+,8+,9?/m0/s1. The van der Waals surface area contributed by atoms with E-state index in [0.717, 1.165) is 12.3 Å². The number of carbonyl (C=O) groups is 1. The topological polar surface area (TPSA) is 122 Å². The predicted octanol–water partition coefficient (Wildman–Crippen LogP) is -0.545. The molecule has 0 aliphatic carbocycles. The van der Waals surface area contributed by atoms with Crippen LogP contribution in [0.15, 0.2) is 24.6 Å². The Morgan fingerprint density at radius 1 is 1.55 bits per heavy atom. The fraction of sp³-hybridized carbons (Fsp3) is 0.545. The van der Waals surface area contributed by atoms with Crippen molar-refractivity contribution in [1.29, 1.82) is 0 Å². The summed E-state index contributed by atoms with van der Waals surface area (Å²) in [6, 6.07) is -1.23. The largest absolute Gasteiger partial charge is 0.399 e. The number of hydrogen-bond acceptors (Lipinski definition) is 5. The minimum Gasteiger partial charge on any atom is -0.399 e. The predicted molar refractivity (Wildman–Crippen MR) is 65.2 cm³/mol. The number of hydrogen-bond donors (Lipinski definition) is 4. The number of primary amides is 1. The normalized spacial score (nSPS) is 30.4. The van der Waals surface area contributed by atoms with Crippen LogP contribution in [0.4, 0.5) is 13.6 Å². The minimum atomic E-state index is -3.81. The van der Waals surface area contributed by atoms with Crippen LogP contribution < -0.4 is 11.5 Å². The molecule has 6 N–H and O–H groups in total. The van der Waals surface area contributed by atoms with Gasteiger partial charge in [0.1, 0.15) is 6.10 Å². The average Bonchev–Trinajstić information content (AvgIpc) is 2.52. The van der Waals surface area contributed by atoms with Gasteiger partial charge >= 0.3 is 12.0 Å². The molecule has 1 saturated heterocycles. The first-order valence-corrected chi connectivity index (χ1v) is 5.68. The van der Waals surface area contributed by atoms with Gasteiger partial charge in [-0.2, -0.15) is 8.78 Å². The van der Waals surface area contributed by atoms with Crippen molar-refractivity contribution in [3.8, 4) is 0 Å². The summed E-state index contributed by atoms with van der Waals surface area (Å²) in [7, 11) is 0. The van der Waals surface area contributed by atoms with Crippen molar-refractivity contribution in [2.75, 3.05) is 0 Å². The Hall–Kier alpha value is -1.71. The Balaban J connectivity index is 3.08. The molecule has 1 aliphatic heterocycles. The first-order valence-electron chi connectivity index (χ1n) is 5.68. The van der Waals surface area contributed by atoms with Crippen molar-refractivity contribution in [3.05, 3.63) is 24.6 Å². The molecule has 0 saturated carbocycles. The second kappa shape index (κ2) is 5.73. The van der Waals surface area contributed by atoms with Crippen LogP contribution in [-0.4, -0.2) is 51.6 Å². The molecule has 0 bridgehead atoms. The second-order valence-corrected chi connectivity index (χ2v) is 4.45. The van der Waals surface area contributed by atoms with E-state index in [1.165, 1.54) is 6.92 Å². The Kier molecular flexibility index (Phi) is 4.69. The van der Waals surface area contributed by atoms with Crippen LogP contribution in [0.25, 0.3) is 0 Å². The summed E-state index contributed by atoms with van der Waals surface area (Å²) in [5.74, 6) is -3.81. The van der Waals surface area contributed by atoms with Crippen molar-refractivity contribution in [3.63, 3.8) is 0 Å². The number of halogens is 2. The number of nitrogens with zero attached hydrogens (tertiary/aromatic N) is 1. The molecular weight excluding hydrogens is 276 g/mol. The summed E-state index contributed by atoms with van der Waals surface area (Å²) in [5.41, 5.74) is 10.2. The molecule has 4 atom stereocenters. The third-order valence-electron chi connectivity index (χ3n) is 2.75. The maximum absolute atomic E-state index is 13.9. The first kappa shape index (κ1) is 16.3. The lowest BCUT2D eigenvalue weighted by Gasteiger charge is -2.27. The van der Waals surface area contributed by atoms with Gasteiger partial charge in [0.05, 0.1) is 6.10 Å². The Labute approximate surface area is 114 Å². The number of aliphatic hydroxyl groups is 2. The summed E-state index contributed by atoms with van der Waals surface area (Å²) < 4.78 is 32.7. The van der Waals surface area contributed by atoms with Crippen LogP contribution in [0, 0.1) is 0 Å². The van der Waals surface area contributed by atoms with Crippen molar-refractivity contribution in [2.24, 2.45) is 11.5 Å². The molecule has 9 heteroatoms. The van der Waals surface area contributed by atoms with Crippen molar-refractivity contribution >= 4 is 6.03 Å². The molecule has 114 valence electrons. The zero-order chi connectivity index (χ0) is 15.7. The fourth-order valence-corrected chi connectivity index (χ4v) is 1.75. The van der Waals surface area contributed by atoms with E-state index < -0.39 is 36.5 Å². The maximum Gasteiger partial charge on any atom is 0.321 e. The van der Waals surface area contributed by atoms with E-state index in [-0.39, 0.29) is 5.70 Å². The van der Waals surface area contributed by atoms with E-state index in [2.05, 4.69) is 6.58 Å². The molecule has 0 radical (unpaired) electrons. The van der Waals surface area contributed by atoms with Gasteiger partial charge < -0.3 is 26.4 Å². The van der Waals surface area contributed by atoms with E-state index in [1.54, 1.807) is 0 Å². The lowest BCUT2D eigenvalue weighted by Crippen LogP contribution is -2.51. The smallest absolute Gasteiger partial charge is 0.321 e. The first-order chi connectivity index (χ1) is 9.09. The molecule has 0 aromatic heterocycles. The zero-order valence-electron chi connectivity index (χ0n) is 10.7. The molecule has 0 aromatic rings. The van der Waals surface area contributed by atoms with Gasteiger partial charge in [0, 0.05) is 11.9 Å². The number of alkyl halides is 2. The molecule has 1 rings (SSSR count). The highest BCUT2D eigenvalue weighted by molar-refractivity contribution is 5.73. The summed E-state index contributed by atoms with van der Waals surface area (Å²) in [6.07, 6.45) is -5.38. The number of rotatable bonds is 4. The monoisotopic (exact) mass is 293 g/mol. The molecule has 0 spiro atoms. The number of allylic oxidation sites excluding steroid dienone is 1. The second-order valence-electron chi connectivity index (χ2n) is 4.45. The number of carbonyl (C=O) groups excluding carboxylic acids is 1. The quantitative estimate of drug-likeness (QED) is 0.518. The fourth-order valence-electron chi connectivity index (χ4n) is 1.75. The van der Waals surface area contributed by atoms with Crippen LogP contribution in [-0.2, 0) is 4.74 Å². The van der Waals surface area contributed by atoms with Gasteiger partial charge in [-0.15, -0.1) is 0 Å². The Morgan fingerprint density at radius 2 is 2.10 bits per heavy atom. The van der Waals surface area contributed by atoms with Crippen LogP contribution in [0.3, 0.4) is 0 Å². The van der Waals surface area contributed by atoms with E-state index in [9.17, 15) is 23.8 Å².